The minimum absolute atomic E-state index is 0.0151. The molecule has 1 aliphatic carbocycles. The molecular weight excluding hydrogens is 450 g/mol. The number of nitrogens with one attached hydrogen (secondary N) is 2. The SMILES string of the molecule is O=C(C[C@@H]1CCCN(c2ncnc3[nH]ccc23)C1)[C@H](Nc1cc(F)cc(C(F)(F)F)c1)C1CC1. The smallest absolute Gasteiger partial charge is 0.375 e. The number of benzene rings is 1. The molecule has 5 rings (SSSR count). The van der Waals surface area contributed by atoms with Gasteiger partial charge in [-0.15, -0.1) is 0 Å². The van der Waals surface area contributed by atoms with E-state index in [1.807, 2.05) is 12.3 Å². The Morgan fingerprint density at radius 2 is 2.03 bits per heavy atom. The Balaban J connectivity index is 1.29. The van der Waals surface area contributed by atoms with Crippen LogP contribution in [0.4, 0.5) is 29.1 Å². The number of piperidine rings is 1. The summed E-state index contributed by atoms with van der Waals surface area (Å²) in [6, 6.07) is 3.65. The third-order valence-corrected chi connectivity index (χ3v) is 6.63. The van der Waals surface area contributed by atoms with E-state index in [0.717, 1.165) is 61.2 Å². The molecule has 1 aromatic carbocycles. The number of halogens is 4. The third kappa shape index (κ3) is 4.85. The second-order valence-electron chi connectivity index (χ2n) is 9.25. The molecule has 3 heterocycles. The van der Waals surface area contributed by atoms with Crippen LogP contribution in [0.25, 0.3) is 11.0 Å². The van der Waals surface area contributed by atoms with Crippen LogP contribution in [-0.4, -0.2) is 39.9 Å². The normalized spacial score (nSPS) is 19.9. The van der Waals surface area contributed by atoms with Crippen LogP contribution >= 0.6 is 0 Å². The largest absolute Gasteiger partial charge is 0.416 e. The minimum atomic E-state index is -4.66. The Kier molecular flexibility index (Phi) is 5.91. The van der Waals surface area contributed by atoms with Gasteiger partial charge in [-0.3, -0.25) is 4.79 Å². The topological polar surface area (TPSA) is 73.9 Å². The molecule has 0 spiro atoms. The van der Waals surface area contributed by atoms with Crippen LogP contribution in [0.1, 0.15) is 37.7 Å². The standard InChI is InChI=1S/C24H25F4N5O/c25-17-9-16(24(26,27)28)10-18(11-17)32-21(15-3-4-15)20(34)8-14-2-1-7-33(12-14)23-19-5-6-29-22(19)30-13-31-23/h5-6,9-11,13-15,21,32H,1-4,7-8,12H2,(H,29,30,31)/t14-,21+/m0/s1. The fourth-order valence-electron chi connectivity index (χ4n) is 4.85. The molecule has 0 bridgehead atoms. The van der Waals surface area contributed by atoms with Crippen molar-refractivity contribution in [3.63, 3.8) is 0 Å². The number of carbonyl (C=O) groups is 1. The van der Waals surface area contributed by atoms with Crippen molar-refractivity contribution >= 4 is 28.3 Å². The van der Waals surface area contributed by atoms with E-state index in [2.05, 4.69) is 25.2 Å². The van der Waals surface area contributed by atoms with Crippen LogP contribution in [0.15, 0.2) is 36.8 Å². The second kappa shape index (κ2) is 8.88. The monoisotopic (exact) mass is 475 g/mol. The Morgan fingerprint density at radius 1 is 1.21 bits per heavy atom. The van der Waals surface area contributed by atoms with Crippen molar-refractivity contribution in [2.75, 3.05) is 23.3 Å². The lowest BCUT2D eigenvalue weighted by molar-refractivity contribution is -0.137. The summed E-state index contributed by atoms with van der Waals surface area (Å²) in [5.41, 5.74) is -0.325. The predicted octanol–water partition coefficient (Wildman–Crippen LogP) is 5.18. The zero-order chi connectivity index (χ0) is 23.9. The zero-order valence-electron chi connectivity index (χ0n) is 18.4. The molecule has 2 aliphatic rings. The number of carbonyl (C=O) groups excluding carboxylic acids is 1. The number of aromatic amines is 1. The predicted molar refractivity (Wildman–Crippen MR) is 120 cm³/mol. The van der Waals surface area contributed by atoms with Gasteiger partial charge in [0.25, 0.3) is 0 Å². The molecule has 0 amide bonds. The van der Waals surface area contributed by atoms with E-state index < -0.39 is 23.6 Å². The van der Waals surface area contributed by atoms with Gasteiger partial charge in [-0.25, -0.2) is 14.4 Å². The number of nitrogens with zero attached hydrogens (tertiary/aromatic N) is 3. The van der Waals surface area contributed by atoms with Crippen molar-refractivity contribution in [3.05, 3.63) is 48.2 Å². The molecule has 1 aliphatic heterocycles. The fraction of sp³-hybridized carbons (Fsp3) is 0.458. The number of fused-ring (bicyclic) bond motifs is 1. The summed E-state index contributed by atoms with van der Waals surface area (Å²) in [6.45, 7) is 1.49. The third-order valence-electron chi connectivity index (χ3n) is 6.63. The van der Waals surface area contributed by atoms with Gasteiger partial charge in [-0.2, -0.15) is 13.2 Å². The molecule has 1 saturated carbocycles. The zero-order valence-corrected chi connectivity index (χ0v) is 18.4. The van der Waals surface area contributed by atoms with Gasteiger partial charge < -0.3 is 15.2 Å². The molecule has 2 aromatic heterocycles. The number of H-pyrrole nitrogens is 1. The molecule has 3 aromatic rings. The summed E-state index contributed by atoms with van der Waals surface area (Å²) in [4.78, 5) is 27.2. The van der Waals surface area contributed by atoms with Crippen molar-refractivity contribution in [2.24, 2.45) is 11.8 Å². The second-order valence-corrected chi connectivity index (χ2v) is 9.25. The van der Waals surface area contributed by atoms with E-state index in [9.17, 15) is 22.4 Å². The molecule has 2 fully saturated rings. The number of aromatic nitrogens is 3. The first-order chi connectivity index (χ1) is 16.3. The first-order valence-corrected chi connectivity index (χ1v) is 11.5. The van der Waals surface area contributed by atoms with Crippen molar-refractivity contribution in [2.45, 2.75) is 44.3 Å². The van der Waals surface area contributed by atoms with E-state index in [-0.39, 0.29) is 23.3 Å². The highest BCUT2D eigenvalue weighted by molar-refractivity contribution is 5.88. The summed E-state index contributed by atoms with van der Waals surface area (Å²) in [6.07, 6.45) is 2.44. The van der Waals surface area contributed by atoms with Gasteiger partial charge in [0.1, 0.15) is 23.6 Å². The molecular formula is C24H25F4N5O. The Bertz CT molecular complexity index is 1190. The first kappa shape index (κ1) is 22.6. The summed E-state index contributed by atoms with van der Waals surface area (Å²) in [5, 5.41) is 3.85. The van der Waals surface area contributed by atoms with Crippen molar-refractivity contribution in [1.29, 1.82) is 0 Å². The van der Waals surface area contributed by atoms with Crippen molar-refractivity contribution in [3.8, 4) is 0 Å². The minimum Gasteiger partial charge on any atom is -0.375 e. The van der Waals surface area contributed by atoms with E-state index in [1.165, 1.54) is 6.33 Å². The average molecular weight is 475 g/mol. The van der Waals surface area contributed by atoms with Gasteiger partial charge >= 0.3 is 6.18 Å². The van der Waals surface area contributed by atoms with Gasteiger partial charge in [0.15, 0.2) is 5.78 Å². The van der Waals surface area contributed by atoms with E-state index in [4.69, 9.17) is 0 Å². The molecule has 1 saturated heterocycles. The molecule has 10 heteroatoms. The fourth-order valence-corrected chi connectivity index (χ4v) is 4.85. The maximum absolute atomic E-state index is 13.8. The van der Waals surface area contributed by atoms with Crippen LogP contribution in [-0.2, 0) is 11.0 Å². The summed E-state index contributed by atoms with van der Waals surface area (Å²) >= 11 is 0. The number of rotatable bonds is 7. The number of alkyl halides is 3. The quantitative estimate of drug-likeness (QED) is 0.461. The number of hydrogen-bond donors (Lipinski definition) is 2. The summed E-state index contributed by atoms with van der Waals surface area (Å²) in [5.74, 6) is -0.0258. The number of hydrogen-bond acceptors (Lipinski definition) is 5. The Morgan fingerprint density at radius 3 is 2.79 bits per heavy atom. The Hall–Kier alpha value is -3.17. The molecule has 0 radical (unpaired) electrons. The maximum Gasteiger partial charge on any atom is 0.416 e. The summed E-state index contributed by atoms with van der Waals surface area (Å²) in [7, 11) is 0. The first-order valence-electron chi connectivity index (χ1n) is 11.5. The molecule has 2 N–H and O–H groups in total. The van der Waals surface area contributed by atoms with Gasteiger partial charge in [0.2, 0.25) is 0 Å². The molecule has 0 unspecified atom stereocenters. The molecule has 6 nitrogen and oxygen atoms in total. The van der Waals surface area contributed by atoms with Gasteiger partial charge in [0, 0.05) is 31.4 Å². The highest BCUT2D eigenvalue weighted by Gasteiger charge is 2.38. The van der Waals surface area contributed by atoms with E-state index in [1.54, 1.807) is 0 Å². The van der Waals surface area contributed by atoms with E-state index in [0.29, 0.717) is 19.0 Å². The van der Waals surface area contributed by atoms with Crippen LogP contribution in [0, 0.1) is 17.7 Å². The Labute approximate surface area is 193 Å². The molecule has 180 valence electrons. The van der Waals surface area contributed by atoms with Crippen LogP contribution < -0.4 is 10.2 Å². The van der Waals surface area contributed by atoms with Crippen molar-refractivity contribution < 1.29 is 22.4 Å². The van der Waals surface area contributed by atoms with Crippen LogP contribution in [0.3, 0.4) is 0 Å². The number of ketones is 1. The van der Waals surface area contributed by atoms with Gasteiger partial charge in [0.05, 0.1) is 17.0 Å². The van der Waals surface area contributed by atoms with Crippen LogP contribution in [0.2, 0.25) is 0 Å². The molecule has 34 heavy (non-hydrogen) atoms. The van der Waals surface area contributed by atoms with Gasteiger partial charge in [-0.1, -0.05) is 0 Å². The van der Waals surface area contributed by atoms with Gasteiger partial charge in [-0.05, 0) is 61.8 Å². The summed E-state index contributed by atoms with van der Waals surface area (Å²) < 4.78 is 53.1. The highest BCUT2D eigenvalue weighted by atomic mass is 19.4. The average Bonchev–Trinajstić information content (AvgIpc) is 3.51. The lowest BCUT2D eigenvalue weighted by Gasteiger charge is -2.34. The van der Waals surface area contributed by atoms with Crippen molar-refractivity contribution in [1.82, 2.24) is 15.0 Å². The van der Waals surface area contributed by atoms with Crippen LogP contribution in [0.5, 0.6) is 0 Å². The number of Topliss-reactive ketones (excluding diaryl/α,β-unsaturated/α-hetero) is 1. The molecule has 2 atom stereocenters. The lowest BCUT2D eigenvalue weighted by Crippen LogP contribution is -2.39. The highest BCUT2D eigenvalue weighted by Crippen LogP contribution is 2.38. The lowest BCUT2D eigenvalue weighted by atomic mass is 9.89. The number of anilines is 2. The van der Waals surface area contributed by atoms with E-state index >= 15 is 0 Å². The maximum atomic E-state index is 13.8.